The van der Waals surface area contributed by atoms with Crippen molar-refractivity contribution in [2.24, 2.45) is 10.7 Å². The number of nitrogens with one attached hydrogen (secondary N) is 1. The first-order valence-electron chi connectivity index (χ1n) is 6.30. The Morgan fingerprint density at radius 3 is 2.72 bits per heavy atom. The van der Waals surface area contributed by atoms with Crippen LogP contribution in [0.3, 0.4) is 0 Å². The third-order valence-electron chi connectivity index (χ3n) is 2.61. The summed E-state index contributed by atoms with van der Waals surface area (Å²) in [5, 5.41) is 3.38. The maximum atomic E-state index is 5.95. The zero-order chi connectivity index (χ0) is 12.9. The van der Waals surface area contributed by atoms with E-state index in [2.05, 4.69) is 42.9 Å². The molecule has 1 rings (SSSR count). The molecule has 108 valence electrons. The van der Waals surface area contributed by atoms with E-state index in [1.807, 2.05) is 0 Å². The van der Waals surface area contributed by atoms with Crippen LogP contribution in [-0.2, 0) is 4.74 Å². The van der Waals surface area contributed by atoms with Crippen molar-refractivity contribution in [3.05, 3.63) is 0 Å². The summed E-state index contributed by atoms with van der Waals surface area (Å²) in [4.78, 5) is 6.48. The topological polar surface area (TPSA) is 62.9 Å². The molecule has 0 amide bonds. The fraction of sp³-hybridized carbons (Fsp3) is 0.917. The number of nitrogens with two attached hydrogens (primary N) is 1. The third-order valence-corrected chi connectivity index (χ3v) is 2.61. The molecule has 0 aromatic heterocycles. The molecule has 1 atom stereocenters. The van der Waals surface area contributed by atoms with Crippen LogP contribution in [0.2, 0.25) is 0 Å². The van der Waals surface area contributed by atoms with Gasteiger partial charge < -0.3 is 20.7 Å². The van der Waals surface area contributed by atoms with Crippen LogP contribution in [-0.4, -0.2) is 55.3 Å². The summed E-state index contributed by atoms with van der Waals surface area (Å²) in [5.41, 5.74) is 6.09. The standard InChI is InChI=1S/C12H26N4O.HI/c1-10-9-16(7-8-17-10)11(13)14-5-6-15-12(2,3)4;/h10,15H,5-9H2,1-4H3,(H2,13,14);1H. The Bertz CT molecular complexity index is 265. The van der Waals surface area contributed by atoms with E-state index in [0.29, 0.717) is 5.96 Å². The van der Waals surface area contributed by atoms with Gasteiger partial charge in [-0.1, -0.05) is 0 Å². The fourth-order valence-electron chi connectivity index (χ4n) is 1.73. The molecular weight excluding hydrogens is 343 g/mol. The van der Waals surface area contributed by atoms with Gasteiger partial charge in [0.25, 0.3) is 0 Å². The molecule has 0 spiro atoms. The summed E-state index contributed by atoms with van der Waals surface area (Å²) < 4.78 is 5.46. The molecule has 1 saturated heterocycles. The molecule has 6 heteroatoms. The van der Waals surface area contributed by atoms with Gasteiger partial charge in [-0.15, -0.1) is 24.0 Å². The number of rotatable bonds is 3. The van der Waals surface area contributed by atoms with Crippen molar-refractivity contribution in [1.29, 1.82) is 0 Å². The van der Waals surface area contributed by atoms with Gasteiger partial charge in [0.2, 0.25) is 0 Å². The van der Waals surface area contributed by atoms with Crippen molar-refractivity contribution in [3.8, 4) is 0 Å². The molecule has 0 aromatic carbocycles. The van der Waals surface area contributed by atoms with Gasteiger partial charge in [0.05, 0.1) is 19.3 Å². The number of ether oxygens (including phenoxy) is 1. The van der Waals surface area contributed by atoms with Gasteiger partial charge in [-0.2, -0.15) is 0 Å². The van der Waals surface area contributed by atoms with Crippen molar-refractivity contribution >= 4 is 29.9 Å². The zero-order valence-corrected chi connectivity index (χ0v) is 14.2. The Morgan fingerprint density at radius 2 is 2.17 bits per heavy atom. The van der Waals surface area contributed by atoms with Crippen molar-refractivity contribution in [1.82, 2.24) is 10.2 Å². The first-order chi connectivity index (χ1) is 7.88. The minimum absolute atomic E-state index is 0. The highest BCUT2D eigenvalue weighted by Crippen LogP contribution is 2.03. The van der Waals surface area contributed by atoms with Crippen LogP contribution >= 0.6 is 24.0 Å². The highest BCUT2D eigenvalue weighted by molar-refractivity contribution is 14.0. The highest BCUT2D eigenvalue weighted by atomic mass is 127. The zero-order valence-electron chi connectivity index (χ0n) is 11.9. The van der Waals surface area contributed by atoms with E-state index >= 15 is 0 Å². The Kier molecular flexibility index (Phi) is 8.13. The van der Waals surface area contributed by atoms with Gasteiger partial charge >= 0.3 is 0 Å². The largest absolute Gasteiger partial charge is 0.375 e. The van der Waals surface area contributed by atoms with Gasteiger partial charge in [-0.05, 0) is 27.7 Å². The number of guanidine groups is 1. The van der Waals surface area contributed by atoms with E-state index < -0.39 is 0 Å². The van der Waals surface area contributed by atoms with Crippen molar-refractivity contribution in [2.75, 3.05) is 32.8 Å². The maximum Gasteiger partial charge on any atom is 0.191 e. The Hall–Kier alpha value is -0.0800. The number of morpholine rings is 1. The third kappa shape index (κ3) is 7.38. The molecule has 1 fully saturated rings. The molecule has 0 saturated carbocycles. The summed E-state index contributed by atoms with van der Waals surface area (Å²) in [5.74, 6) is 0.635. The Labute approximate surface area is 128 Å². The van der Waals surface area contributed by atoms with Gasteiger partial charge in [0, 0.05) is 25.2 Å². The first-order valence-corrected chi connectivity index (χ1v) is 6.30. The van der Waals surface area contributed by atoms with Gasteiger partial charge in [0.1, 0.15) is 0 Å². The van der Waals surface area contributed by atoms with Crippen LogP contribution in [0.1, 0.15) is 27.7 Å². The van der Waals surface area contributed by atoms with Crippen molar-refractivity contribution in [2.45, 2.75) is 39.3 Å². The Morgan fingerprint density at radius 1 is 1.50 bits per heavy atom. The van der Waals surface area contributed by atoms with E-state index in [-0.39, 0.29) is 35.6 Å². The molecular formula is C12H27IN4O. The quantitative estimate of drug-likeness (QED) is 0.337. The predicted octanol–water partition coefficient (Wildman–Crippen LogP) is 1.03. The molecule has 0 radical (unpaired) electrons. The summed E-state index contributed by atoms with van der Waals surface area (Å²) in [6.45, 7) is 12.5. The summed E-state index contributed by atoms with van der Waals surface area (Å²) in [7, 11) is 0. The predicted molar refractivity (Wildman–Crippen MR) is 86.6 cm³/mol. The molecule has 5 nitrogen and oxygen atoms in total. The van der Waals surface area contributed by atoms with Crippen LogP contribution in [0.5, 0.6) is 0 Å². The van der Waals surface area contributed by atoms with Gasteiger partial charge in [0.15, 0.2) is 5.96 Å². The average molecular weight is 370 g/mol. The lowest BCUT2D eigenvalue weighted by Gasteiger charge is -2.31. The second-order valence-corrected chi connectivity index (χ2v) is 5.54. The lowest BCUT2D eigenvalue weighted by molar-refractivity contribution is 0.00530. The highest BCUT2D eigenvalue weighted by Gasteiger charge is 2.17. The minimum Gasteiger partial charge on any atom is -0.375 e. The molecule has 1 aliphatic rings. The van der Waals surface area contributed by atoms with Gasteiger partial charge in [-0.25, -0.2) is 0 Å². The summed E-state index contributed by atoms with van der Waals surface area (Å²) in [6, 6.07) is 0. The summed E-state index contributed by atoms with van der Waals surface area (Å²) >= 11 is 0. The van der Waals surface area contributed by atoms with E-state index in [0.717, 1.165) is 32.8 Å². The molecule has 0 bridgehead atoms. The van der Waals surface area contributed by atoms with Crippen LogP contribution in [0.15, 0.2) is 4.99 Å². The molecule has 0 aromatic rings. The lowest BCUT2D eigenvalue weighted by Crippen LogP contribution is -2.48. The number of aliphatic imine (C=N–C) groups is 1. The second-order valence-electron chi connectivity index (χ2n) is 5.54. The minimum atomic E-state index is 0. The van der Waals surface area contributed by atoms with E-state index in [4.69, 9.17) is 10.5 Å². The second kappa shape index (κ2) is 8.16. The van der Waals surface area contributed by atoms with Crippen LogP contribution < -0.4 is 11.1 Å². The van der Waals surface area contributed by atoms with E-state index in [1.54, 1.807) is 0 Å². The molecule has 1 unspecified atom stereocenters. The lowest BCUT2D eigenvalue weighted by atomic mass is 10.1. The molecule has 18 heavy (non-hydrogen) atoms. The van der Waals surface area contributed by atoms with Gasteiger partial charge in [-0.3, -0.25) is 4.99 Å². The SMILES string of the molecule is CC1CN(C(N)=NCCNC(C)(C)C)CCO1.I. The molecule has 0 aliphatic carbocycles. The number of halogens is 1. The normalized spacial score (nSPS) is 21.7. The maximum absolute atomic E-state index is 5.95. The van der Waals surface area contributed by atoms with E-state index in [9.17, 15) is 0 Å². The smallest absolute Gasteiger partial charge is 0.191 e. The average Bonchev–Trinajstić information content (AvgIpc) is 2.23. The number of nitrogens with zero attached hydrogens (tertiary/aromatic N) is 2. The first kappa shape index (κ1) is 17.9. The van der Waals surface area contributed by atoms with Crippen LogP contribution in [0.25, 0.3) is 0 Å². The Balaban J connectivity index is 0.00000289. The molecule has 3 N–H and O–H groups in total. The van der Waals surface area contributed by atoms with Crippen LogP contribution in [0, 0.1) is 0 Å². The number of hydrogen-bond donors (Lipinski definition) is 2. The molecule has 1 heterocycles. The van der Waals surface area contributed by atoms with Crippen LogP contribution in [0.4, 0.5) is 0 Å². The number of hydrogen-bond acceptors (Lipinski definition) is 3. The van der Waals surface area contributed by atoms with Crippen molar-refractivity contribution < 1.29 is 4.74 Å². The molecule has 1 aliphatic heterocycles. The van der Waals surface area contributed by atoms with Crippen molar-refractivity contribution in [3.63, 3.8) is 0 Å². The fourth-order valence-corrected chi connectivity index (χ4v) is 1.73. The van der Waals surface area contributed by atoms with E-state index in [1.165, 1.54) is 0 Å². The monoisotopic (exact) mass is 370 g/mol. The summed E-state index contributed by atoms with van der Waals surface area (Å²) in [6.07, 6.45) is 0.241.